The Morgan fingerprint density at radius 1 is 1.29 bits per heavy atom. The number of ether oxygens (including phenoxy) is 1. The summed E-state index contributed by atoms with van der Waals surface area (Å²) in [4.78, 5) is 11.8. The molecule has 0 aromatic heterocycles. The predicted molar refractivity (Wildman–Crippen MR) is 85.2 cm³/mol. The molecule has 0 radical (unpaired) electrons. The number of hydrogen-bond donors (Lipinski definition) is 2. The maximum atomic E-state index is 11.8. The molecule has 1 fully saturated rings. The van der Waals surface area contributed by atoms with Gasteiger partial charge >= 0.3 is 0 Å². The highest BCUT2D eigenvalue weighted by Gasteiger charge is 2.23. The van der Waals surface area contributed by atoms with E-state index in [0.29, 0.717) is 19.6 Å². The van der Waals surface area contributed by atoms with Crippen molar-refractivity contribution in [3.8, 4) is 5.75 Å². The molecule has 21 heavy (non-hydrogen) atoms. The van der Waals surface area contributed by atoms with Gasteiger partial charge < -0.3 is 15.2 Å². The second-order valence-corrected chi connectivity index (χ2v) is 6.38. The number of benzene rings is 1. The van der Waals surface area contributed by atoms with Crippen LogP contribution in [0.3, 0.4) is 0 Å². The van der Waals surface area contributed by atoms with Crippen LogP contribution in [0.1, 0.15) is 32.1 Å². The van der Waals surface area contributed by atoms with Gasteiger partial charge in [0, 0.05) is 16.9 Å². The van der Waals surface area contributed by atoms with E-state index >= 15 is 0 Å². The molecule has 2 atom stereocenters. The molecule has 5 heteroatoms. The Kier molecular flexibility index (Phi) is 6.51. The van der Waals surface area contributed by atoms with Gasteiger partial charge in [-0.2, -0.15) is 0 Å². The zero-order chi connectivity index (χ0) is 15.1. The lowest BCUT2D eigenvalue weighted by molar-refractivity contribution is -0.122. The minimum absolute atomic E-state index is 0.0233. The standard InChI is InChI=1S/C16H22BrNO3/c17-13-5-7-14(8-6-13)21-10-9-16(20)18-11-12-3-1-2-4-15(12)19/h5-8,12,15,19H,1-4,9-11H2,(H,18,20). The van der Waals surface area contributed by atoms with Gasteiger partial charge in [0.05, 0.1) is 19.1 Å². The molecule has 1 aromatic rings. The van der Waals surface area contributed by atoms with Crippen molar-refractivity contribution in [1.82, 2.24) is 5.32 Å². The number of rotatable bonds is 6. The van der Waals surface area contributed by atoms with E-state index in [4.69, 9.17) is 4.74 Å². The van der Waals surface area contributed by atoms with Crippen LogP contribution in [0, 0.1) is 5.92 Å². The predicted octanol–water partition coefficient (Wildman–Crippen LogP) is 2.89. The lowest BCUT2D eigenvalue weighted by Crippen LogP contribution is -2.37. The summed E-state index contributed by atoms with van der Waals surface area (Å²) < 4.78 is 6.51. The van der Waals surface area contributed by atoms with Crippen molar-refractivity contribution in [3.63, 3.8) is 0 Å². The number of nitrogens with one attached hydrogen (secondary N) is 1. The molecule has 1 saturated carbocycles. The van der Waals surface area contributed by atoms with Crippen LogP contribution in [0.25, 0.3) is 0 Å². The van der Waals surface area contributed by atoms with Gasteiger partial charge in [-0.15, -0.1) is 0 Å². The van der Waals surface area contributed by atoms with Crippen LogP contribution in [0.4, 0.5) is 0 Å². The van der Waals surface area contributed by atoms with E-state index in [2.05, 4.69) is 21.2 Å². The van der Waals surface area contributed by atoms with Gasteiger partial charge in [-0.05, 0) is 37.1 Å². The van der Waals surface area contributed by atoms with E-state index < -0.39 is 0 Å². The Morgan fingerprint density at radius 2 is 2.00 bits per heavy atom. The van der Waals surface area contributed by atoms with E-state index in [1.165, 1.54) is 0 Å². The molecule has 0 bridgehead atoms. The fourth-order valence-corrected chi connectivity index (χ4v) is 2.82. The molecule has 0 heterocycles. The fraction of sp³-hybridized carbons (Fsp3) is 0.562. The van der Waals surface area contributed by atoms with E-state index in [1.54, 1.807) is 0 Å². The number of carbonyl (C=O) groups is 1. The van der Waals surface area contributed by atoms with Crippen molar-refractivity contribution in [2.45, 2.75) is 38.2 Å². The SMILES string of the molecule is O=C(CCOc1ccc(Br)cc1)NCC1CCCCC1O. The zero-order valence-corrected chi connectivity index (χ0v) is 13.6. The smallest absolute Gasteiger partial charge is 0.223 e. The normalized spacial score (nSPS) is 21.8. The number of carbonyl (C=O) groups excluding carboxylic acids is 1. The minimum atomic E-state index is -0.266. The molecule has 1 amide bonds. The summed E-state index contributed by atoms with van der Waals surface area (Å²) in [5.41, 5.74) is 0. The van der Waals surface area contributed by atoms with Crippen molar-refractivity contribution in [1.29, 1.82) is 0 Å². The number of halogens is 1. The largest absolute Gasteiger partial charge is 0.493 e. The Labute approximate surface area is 134 Å². The van der Waals surface area contributed by atoms with Gasteiger partial charge in [0.15, 0.2) is 0 Å². The van der Waals surface area contributed by atoms with Crippen LogP contribution in [0.15, 0.2) is 28.7 Å². The first-order valence-electron chi connectivity index (χ1n) is 7.48. The molecular weight excluding hydrogens is 334 g/mol. The Hall–Kier alpha value is -1.07. The quantitative estimate of drug-likeness (QED) is 0.824. The third-order valence-electron chi connectivity index (χ3n) is 3.84. The summed E-state index contributed by atoms with van der Waals surface area (Å²) in [5, 5.41) is 12.7. The highest BCUT2D eigenvalue weighted by atomic mass is 79.9. The summed E-state index contributed by atoms with van der Waals surface area (Å²) >= 11 is 3.36. The van der Waals surface area contributed by atoms with Crippen LogP contribution in [-0.4, -0.2) is 30.3 Å². The maximum absolute atomic E-state index is 11.8. The Bertz CT molecular complexity index is 449. The number of aliphatic hydroxyl groups is 1. The van der Waals surface area contributed by atoms with Gasteiger partial charge in [-0.25, -0.2) is 0 Å². The van der Waals surface area contributed by atoms with Crippen molar-refractivity contribution >= 4 is 21.8 Å². The van der Waals surface area contributed by atoms with Crippen molar-refractivity contribution in [3.05, 3.63) is 28.7 Å². The third-order valence-corrected chi connectivity index (χ3v) is 4.37. The molecule has 2 unspecified atom stereocenters. The Morgan fingerprint density at radius 3 is 2.71 bits per heavy atom. The molecule has 1 aliphatic rings. The van der Waals surface area contributed by atoms with Crippen molar-refractivity contribution in [2.75, 3.05) is 13.2 Å². The highest BCUT2D eigenvalue weighted by Crippen LogP contribution is 2.23. The van der Waals surface area contributed by atoms with Gasteiger partial charge in [0.25, 0.3) is 0 Å². The van der Waals surface area contributed by atoms with Crippen LogP contribution < -0.4 is 10.1 Å². The van der Waals surface area contributed by atoms with E-state index in [0.717, 1.165) is 35.9 Å². The van der Waals surface area contributed by atoms with Crippen molar-refractivity contribution in [2.24, 2.45) is 5.92 Å². The molecular formula is C16H22BrNO3. The zero-order valence-electron chi connectivity index (χ0n) is 12.1. The molecule has 116 valence electrons. The van der Waals surface area contributed by atoms with Gasteiger partial charge in [0.1, 0.15) is 5.75 Å². The van der Waals surface area contributed by atoms with Gasteiger partial charge in [-0.3, -0.25) is 4.79 Å². The summed E-state index contributed by atoms with van der Waals surface area (Å²) in [6, 6.07) is 7.53. The molecule has 0 saturated heterocycles. The molecule has 2 N–H and O–H groups in total. The number of hydrogen-bond acceptors (Lipinski definition) is 3. The molecule has 1 aromatic carbocycles. The van der Waals surface area contributed by atoms with E-state index in [9.17, 15) is 9.90 Å². The molecule has 1 aliphatic carbocycles. The van der Waals surface area contributed by atoms with Crippen LogP contribution >= 0.6 is 15.9 Å². The third kappa shape index (κ3) is 5.67. The first-order chi connectivity index (χ1) is 10.1. The van der Waals surface area contributed by atoms with E-state index in [-0.39, 0.29) is 17.9 Å². The monoisotopic (exact) mass is 355 g/mol. The Balaban J connectivity index is 1.62. The van der Waals surface area contributed by atoms with Crippen LogP contribution in [0.5, 0.6) is 5.75 Å². The van der Waals surface area contributed by atoms with Crippen LogP contribution in [0.2, 0.25) is 0 Å². The second kappa shape index (κ2) is 8.39. The average molecular weight is 356 g/mol. The fourth-order valence-electron chi connectivity index (χ4n) is 2.55. The van der Waals surface area contributed by atoms with Gasteiger partial charge in [0.2, 0.25) is 5.91 Å². The lowest BCUT2D eigenvalue weighted by atomic mass is 9.86. The van der Waals surface area contributed by atoms with Gasteiger partial charge in [-0.1, -0.05) is 28.8 Å². The average Bonchev–Trinajstić information content (AvgIpc) is 2.48. The highest BCUT2D eigenvalue weighted by molar-refractivity contribution is 9.10. The molecule has 4 nitrogen and oxygen atoms in total. The first-order valence-corrected chi connectivity index (χ1v) is 8.27. The summed E-state index contributed by atoms with van der Waals surface area (Å²) in [5.74, 6) is 0.939. The summed E-state index contributed by atoms with van der Waals surface area (Å²) in [7, 11) is 0. The summed E-state index contributed by atoms with van der Waals surface area (Å²) in [6.07, 6.45) is 4.15. The van der Waals surface area contributed by atoms with Crippen molar-refractivity contribution < 1.29 is 14.6 Å². The maximum Gasteiger partial charge on any atom is 0.223 e. The lowest BCUT2D eigenvalue weighted by Gasteiger charge is -2.27. The van der Waals surface area contributed by atoms with Crippen LogP contribution in [-0.2, 0) is 4.79 Å². The number of aliphatic hydroxyl groups excluding tert-OH is 1. The first kappa shape index (κ1) is 16.3. The second-order valence-electron chi connectivity index (χ2n) is 5.47. The topological polar surface area (TPSA) is 58.6 Å². The van der Waals surface area contributed by atoms with E-state index in [1.807, 2.05) is 24.3 Å². The molecule has 0 aliphatic heterocycles. The minimum Gasteiger partial charge on any atom is -0.493 e. The summed E-state index contributed by atoms with van der Waals surface area (Å²) in [6.45, 7) is 0.930. The number of amides is 1. The molecule has 0 spiro atoms. The molecule has 2 rings (SSSR count).